The molecule has 1 fully saturated rings. The Hall–Kier alpha value is -1.55. The van der Waals surface area contributed by atoms with Crippen molar-refractivity contribution in [3.8, 4) is 5.75 Å². The van der Waals surface area contributed by atoms with Crippen LogP contribution in [0.3, 0.4) is 0 Å². The van der Waals surface area contributed by atoms with E-state index in [0.717, 1.165) is 25.9 Å². The molecule has 1 aromatic carbocycles. The third-order valence-electron chi connectivity index (χ3n) is 2.85. The van der Waals surface area contributed by atoms with E-state index in [4.69, 9.17) is 9.47 Å². The summed E-state index contributed by atoms with van der Waals surface area (Å²) in [6.07, 6.45) is 1.44. The van der Waals surface area contributed by atoms with Crippen LogP contribution in [0.2, 0.25) is 0 Å². The van der Waals surface area contributed by atoms with Gasteiger partial charge in [-0.2, -0.15) is 0 Å². The van der Waals surface area contributed by atoms with Crippen LogP contribution in [0, 0.1) is 5.92 Å². The molecule has 1 aromatic rings. The second-order valence-corrected chi connectivity index (χ2v) is 4.16. The molecule has 1 heterocycles. The summed E-state index contributed by atoms with van der Waals surface area (Å²) >= 11 is 0. The molecule has 0 saturated carbocycles. The van der Waals surface area contributed by atoms with E-state index in [1.54, 1.807) is 12.1 Å². The van der Waals surface area contributed by atoms with Gasteiger partial charge in [-0.1, -0.05) is 18.2 Å². The lowest BCUT2D eigenvalue weighted by Crippen LogP contribution is -2.15. The molecular formula is C13H17NO3. The van der Waals surface area contributed by atoms with E-state index >= 15 is 0 Å². The highest BCUT2D eigenvalue weighted by Gasteiger charge is 2.15. The van der Waals surface area contributed by atoms with Crippen molar-refractivity contribution in [2.45, 2.75) is 12.8 Å². The van der Waals surface area contributed by atoms with Gasteiger partial charge in [0.05, 0.1) is 6.61 Å². The Labute approximate surface area is 101 Å². The van der Waals surface area contributed by atoms with Crippen molar-refractivity contribution in [1.29, 1.82) is 0 Å². The zero-order valence-electron chi connectivity index (χ0n) is 9.72. The molecule has 1 N–H and O–H groups in total. The van der Waals surface area contributed by atoms with Gasteiger partial charge in [-0.3, -0.25) is 0 Å². The predicted molar refractivity (Wildman–Crippen MR) is 64.0 cm³/mol. The van der Waals surface area contributed by atoms with Crippen molar-refractivity contribution in [2.24, 2.45) is 5.92 Å². The minimum atomic E-state index is -0.623. The molecule has 1 saturated heterocycles. The summed E-state index contributed by atoms with van der Waals surface area (Å²) in [5, 5.41) is 3.28. The molecular weight excluding hydrogens is 218 g/mol. The Balaban J connectivity index is 1.64. The highest BCUT2D eigenvalue weighted by Crippen LogP contribution is 2.13. The zero-order chi connectivity index (χ0) is 11.9. The number of benzene rings is 1. The Morgan fingerprint density at radius 1 is 1.35 bits per heavy atom. The van der Waals surface area contributed by atoms with Crippen molar-refractivity contribution in [3.05, 3.63) is 30.3 Å². The van der Waals surface area contributed by atoms with E-state index < -0.39 is 6.16 Å². The van der Waals surface area contributed by atoms with Crippen molar-refractivity contribution in [1.82, 2.24) is 5.32 Å². The lowest BCUT2D eigenvalue weighted by Gasteiger charge is -2.08. The molecule has 2 rings (SSSR count). The van der Waals surface area contributed by atoms with E-state index in [1.807, 2.05) is 18.2 Å². The summed E-state index contributed by atoms with van der Waals surface area (Å²) in [5.41, 5.74) is 0. The summed E-state index contributed by atoms with van der Waals surface area (Å²) in [4.78, 5) is 11.3. The molecule has 17 heavy (non-hydrogen) atoms. The van der Waals surface area contributed by atoms with Gasteiger partial charge in [-0.15, -0.1) is 0 Å². The van der Waals surface area contributed by atoms with Crippen LogP contribution < -0.4 is 10.1 Å². The van der Waals surface area contributed by atoms with Crippen LogP contribution in [0.5, 0.6) is 5.75 Å². The Morgan fingerprint density at radius 3 is 2.88 bits per heavy atom. The molecule has 1 aliphatic heterocycles. The van der Waals surface area contributed by atoms with Crippen LogP contribution in [0.1, 0.15) is 12.8 Å². The number of hydrogen-bond donors (Lipinski definition) is 1. The molecule has 0 radical (unpaired) electrons. The van der Waals surface area contributed by atoms with E-state index in [0.29, 0.717) is 18.3 Å². The summed E-state index contributed by atoms with van der Waals surface area (Å²) < 4.78 is 10.0. The molecule has 92 valence electrons. The van der Waals surface area contributed by atoms with Crippen LogP contribution in [-0.2, 0) is 4.74 Å². The van der Waals surface area contributed by atoms with Crippen LogP contribution in [0.4, 0.5) is 4.79 Å². The highest BCUT2D eigenvalue weighted by molar-refractivity contribution is 5.63. The van der Waals surface area contributed by atoms with Gasteiger partial charge >= 0.3 is 6.16 Å². The van der Waals surface area contributed by atoms with Gasteiger partial charge in [0.15, 0.2) is 0 Å². The summed E-state index contributed by atoms with van der Waals surface area (Å²) in [7, 11) is 0. The van der Waals surface area contributed by atoms with Gasteiger partial charge in [-0.25, -0.2) is 4.79 Å². The van der Waals surface area contributed by atoms with Gasteiger partial charge in [0.25, 0.3) is 0 Å². The molecule has 0 amide bonds. The first-order valence-corrected chi connectivity index (χ1v) is 5.95. The second kappa shape index (κ2) is 6.25. The van der Waals surface area contributed by atoms with Crippen molar-refractivity contribution in [3.63, 3.8) is 0 Å². The number of carbonyl (C=O) groups is 1. The number of rotatable bonds is 4. The van der Waals surface area contributed by atoms with Gasteiger partial charge in [0.2, 0.25) is 0 Å². The molecule has 1 aliphatic rings. The average molecular weight is 235 g/mol. The quantitative estimate of drug-likeness (QED) is 0.642. The van der Waals surface area contributed by atoms with Gasteiger partial charge < -0.3 is 14.8 Å². The zero-order valence-corrected chi connectivity index (χ0v) is 9.72. The standard InChI is InChI=1S/C13H17NO3/c15-13(17-12-4-2-1-3-5-12)16-9-7-11-6-8-14-10-11/h1-5,11,14H,6-10H2. The fourth-order valence-electron chi connectivity index (χ4n) is 1.88. The maximum absolute atomic E-state index is 11.3. The lowest BCUT2D eigenvalue weighted by atomic mass is 10.1. The Bertz CT molecular complexity index is 347. The number of hydrogen-bond acceptors (Lipinski definition) is 4. The third kappa shape index (κ3) is 4.07. The van der Waals surface area contributed by atoms with Gasteiger partial charge in [-0.05, 0) is 44.0 Å². The molecule has 1 atom stereocenters. The molecule has 0 spiro atoms. The summed E-state index contributed by atoms with van der Waals surface area (Å²) in [5.74, 6) is 1.14. The van der Waals surface area contributed by atoms with Gasteiger partial charge in [0, 0.05) is 0 Å². The Morgan fingerprint density at radius 2 is 2.18 bits per heavy atom. The number of nitrogens with one attached hydrogen (secondary N) is 1. The fraction of sp³-hybridized carbons (Fsp3) is 0.462. The predicted octanol–water partition coefficient (Wildman–Crippen LogP) is 2.20. The van der Waals surface area contributed by atoms with Crippen molar-refractivity contribution in [2.75, 3.05) is 19.7 Å². The van der Waals surface area contributed by atoms with Crippen LogP contribution >= 0.6 is 0 Å². The first kappa shape index (κ1) is 11.9. The minimum Gasteiger partial charge on any atom is -0.434 e. The summed E-state index contributed by atoms with van der Waals surface area (Å²) in [6, 6.07) is 8.94. The number of carbonyl (C=O) groups excluding carboxylic acids is 1. The van der Waals surface area contributed by atoms with Crippen molar-refractivity contribution >= 4 is 6.16 Å². The first-order valence-electron chi connectivity index (χ1n) is 5.95. The molecule has 4 nitrogen and oxygen atoms in total. The van der Waals surface area contributed by atoms with E-state index in [1.165, 1.54) is 0 Å². The van der Waals surface area contributed by atoms with Crippen LogP contribution in [0.25, 0.3) is 0 Å². The normalized spacial score (nSPS) is 18.9. The van der Waals surface area contributed by atoms with E-state index in [9.17, 15) is 4.79 Å². The highest BCUT2D eigenvalue weighted by atomic mass is 16.7. The molecule has 0 bridgehead atoms. The summed E-state index contributed by atoms with van der Waals surface area (Å²) in [6.45, 7) is 2.52. The molecule has 1 unspecified atom stereocenters. The van der Waals surface area contributed by atoms with Gasteiger partial charge in [0.1, 0.15) is 5.75 Å². The number of ether oxygens (including phenoxy) is 2. The SMILES string of the molecule is O=C(OCCC1CCNC1)Oc1ccccc1. The maximum Gasteiger partial charge on any atom is 0.513 e. The molecule has 0 aromatic heterocycles. The largest absolute Gasteiger partial charge is 0.513 e. The van der Waals surface area contributed by atoms with Crippen molar-refractivity contribution < 1.29 is 14.3 Å². The maximum atomic E-state index is 11.3. The third-order valence-corrected chi connectivity index (χ3v) is 2.85. The number of para-hydroxylation sites is 1. The van der Waals surface area contributed by atoms with E-state index in [2.05, 4.69) is 5.32 Å². The molecule has 4 heteroatoms. The lowest BCUT2D eigenvalue weighted by molar-refractivity contribution is 0.0942. The fourth-order valence-corrected chi connectivity index (χ4v) is 1.88. The topological polar surface area (TPSA) is 47.6 Å². The first-order chi connectivity index (χ1) is 8.34. The van der Waals surface area contributed by atoms with Crippen LogP contribution in [-0.4, -0.2) is 25.9 Å². The second-order valence-electron chi connectivity index (χ2n) is 4.16. The van der Waals surface area contributed by atoms with Crippen LogP contribution in [0.15, 0.2) is 30.3 Å². The average Bonchev–Trinajstić information content (AvgIpc) is 2.83. The Kier molecular flexibility index (Phi) is 4.38. The smallest absolute Gasteiger partial charge is 0.434 e. The molecule has 0 aliphatic carbocycles. The van der Waals surface area contributed by atoms with E-state index in [-0.39, 0.29) is 0 Å². The monoisotopic (exact) mass is 235 g/mol. The minimum absolute atomic E-state index is 0.429.